The number of unbranched alkanes of at least 4 members (excludes halogenated alkanes) is 2. The number of nitrogens with zero attached hydrogens (tertiary/aromatic N) is 2. The van der Waals surface area contributed by atoms with Crippen molar-refractivity contribution in [1.82, 2.24) is 9.97 Å². The van der Waals surface area contributed by atoms with Crippen molar-refractivity contribution in [3.8, 4) is 11.4 Å². The van der Waals surface area contributed by atoms with E-state index in [1.165, 1.54) is 0 Å². The van der Waals surface area contributed by atoms with E-state index in [1.807, 2.05) is 30.3 Å². The van der Waals surface area contributed by atoms with Gasteiger partial charge in [-0.1, -0.05) is 50.1 Å². The number of aromatic nitrogens is 2. The van der Waals surface area contributed by atoms with Crippen LogP contribution in [0.2, 0.25) is 0 Å². The van der Waals surface area contributed by atoms with Crippen molar-refractivity contribution in [1.29, 1.82) is 0 Å². The van der Waals surface area contributed by atoms with Crippen molar-refractivity contribution >= 4 is 11.6 Å². The zero-order valence-corrected chi connectivity index (χ0v) is 11.7. The fourth-order valence-electron chi connectivity index (χ4n) is 1.89. The van der Waals surface area contributed by atoms with Gasteiger partial charge in [-0.25, -0.2) is 9.97 Å². The molecule has 0 saturated carbocycles. The summed E-state index contributed by atoms with van der Waals surface area (Å²) in [4.78, 5) is 20.2. The Bertz CT molecular complexity index is 537. The van der Waals surface area contributed by atoms with E-state index < -0.39 is 0 Å². The lowest BCUT2D eigenvalue weighted by Crippen LogP contribution is -2.11. The molecule has 0 spiro atoms. The molecule has 2 rings (SSSR count). The minimum atomic E-state index is 0.0227. The summed E-state index contributed by atoms with van der Waals surface area (Å²) in [6.07, 6.45) is 6.96. The predicted octanol–water partition coefficient (Wildman–Crippen LogP) is 3.66. The molecule has 2 aromatic rings. The van der Waals surface area contributed by atoms with Crippen molar-refractivity contribution in [3.05, 3.63) is 42.7 Å². The number of benzene rings is 1. The Balaban J connectivity index is 1.93. The van der Waals surface area contributed by atoms with E-state index in [0.29, 0.717) is 17.9 Å². The SMILES string of the molecule is CCCCCC(=O)Nc1cnc(-c2ccccc2)nc1. The summed E-state index contributed by atoms with van der Waals surface area (Å²) in [5.74, 6) is 0.684. The van der Waals surface area contributed by atoms with E-state index in [9.17, 15) is 4.79 Å². The lowest BCUT2D eigenvalue weighted by molar-refractivity contribution is -0.116. The van der Waals surface area contributed by atoms with Gasteiger partial charge in [0.2, 0.25) is 5.91 Å². The topological polar surface area (TPSA) is 54.9 Å². The average Bonchev–Trinajstić information content (AvgIpc) is 2.49. The van der Waals surface area contributed by atoms with Gasteiger partial charge in [-0.2, -0.15) is 0 Å². The van der Waals surface area contributed by atoms with E-state index >= 15 is 0 Å². The van der Waals surface area contributed by atoms with E-state index in [-0.39, 0.29) is 5.91 Å². The number of nitrogens with one attached hydrogen (secondary N) is 1. The van der Waals surface area contributed by atoms with Crippen LogP contribution in [0.4, 0.5) is 5.69 Å². The largest absolute Gasteiger partial charge is 0.323 e. The molecule has 0 saturated heterocycles. The van der Waals surface area contributed by atoms with Gasteiger partial charge in [0.1, 0.15) is 0 Å². The van der Waals surface area contributed by atoms with Crippen molar-refractivity contribution in [2.75, 3.05) is 5.32 Å². The van der Waals surface area contributed by atoms with Crippen LogP contribution in [0.3, 0.4) is 0 Å². The van der Waals surface area contributed by atoms with Crippen LogP contribution >= 0.6 is 0 Å². The van der Waals surface area contributed by atoms with Crippen LogP contribution in [0.25, 0.3) is 11.4 Å². The Morgan fingerprint density at radius 3 is 2.45 bits per heavy atom. The summed E-state index contributed by atoms with van der Waals surface area (Å²) >= 11 is 0. The van der Waals surface area contributed by atoms with Gasteiger partial charge in [-0.15, -0.1) is 0 Å². The molecule has 0 aliphatic rings. The van der Waals surface area contributed by atoms with Crippen LogP contribution in [-0.4, -0.2) is 15.9 Å². The lowest BCUT2D eigenvalue weighted by Gasteiger charge is -2.05. The minimum Gasteiger partial charge on any atom is -0.323 e. The molecule has 4 heteroatoms. The number of rotatable bonds is 6. The minimum absolute atomic E-state index is 0.0227. The van der Waals surface area contributed by atoms with Gasteiger partial charge in [0.15, 0.2) is 5.82 Å². The Kier molecular flexibility index (Phi) is 5.24. The summed E-state index contributed by atoms with van der Waals surface area (Å²) in [5, 5.41) is 2.82. The molecule has 0 aliphatic carbocycles. The number of hydrogen-bond donors (Lipinski definition) is 1. The maximum atomic E-state index is 11.7. The van der Waals surface area contributed by atoms with Gasteiger partial charge in [-0.05, 0) is 6.42 Å². The normalized spacial score (nSPS) is 10.2. The second-order valence-electron chi connectivity index (χ2n) is 4.67. The molecule has 0 radical (unpaired) electrons. The van der Waals surface area contributed by atoms with Gasteiger partial charge in [0.25, 0.3) is 0 Å². The Labute approximate surface area is 119 Å². The van der Waals surface area contributed by atoms with Gasteiger partial charge >= 0.3 is 0 Å². The summed E-state index contributed by atoms with van der Waals surface area (Å²) in [6, 6.07) is 9.76. The first-order valence-corrected chi connectivity index (χ1v) is 6.97. The zero-order chi connectivity index (χ0) is 14.2. The molecule has 1 aromatic carbocycles. The van der Waals surface area contributed by atoms with Crippen LogP contribution in [0, 0.1) is 0 Å². The molecule has 1 aromatic heterocycles. The van der Waals surface area contributed by atoms with Crippen LogP contribution < -0.4 is 5.32 Å². The maximum Gasteiger partial charge on any atom is 0.224 e. The molecule has 0 fully saturated rings. The fraction of sp³-hybridized carbons (Fsp3) is 0.312. The third kappa shape index (κ3) is 4.16. The molecule has 0 unspecified atom stereocenters. The van der Waals surface area contributed by atoms with Gasteiger partial charge in [0.05, 0.1) is 18.1 Å². The van der Waals surface area contributed by atoms with Crippen molar-refractivity contribution in [2.45, 2.75) is 32.6 Å². The third-order valence-electron chi connectivity index (χ3n) is 2.97. The van der Waals surface area contributed by atoms with E-state index in [0.717, 1.165) is 24.8 Å². The average molecular weight is 269 g/mol. The summed E-state index contributed by atoms with van der Waals surface area (Å²) in [7, 11) is 0. The van der Waals surface area contributed by atoms with Crippen LogP contribution in [-0.2, 0) is 4.79 Å². The summed E-state index contributed by atoms with van der Waals surface area (Å²) in [5.41, 5.74) is 1.61. The molecule has 1 N–H and O–H groups in total. The second-order valence-corrected chi connectivity index (χ2v) is 4.67. The van der Waals surface area contributed by atoms with Gasteiger partial charge < -0.3 is 5.32 Å². The third-order valence-corrected chi connectivity index (χ3v) is 2.97. The molecule has 1 amide bonds. The molecule has 0 atom stereocenters. The van der Waals surface area contributed by atoms with Gasteiger partial charge in [0, 0.05) is 12.0 Å². The Morgan fingerprint density at radius 2 is 1.80 bits per heavy atom. The maximum absolute atomic E-state index is 11.7. The molecule has 4 nitrogen and oxygen atoms in total. The molecule has 0 bridgehead atoms. The molecule has 20 heavy (non-hydrogen) atoms. The number of amides is 1. The molecular formula is C16H19N3O. The molecule has 0 aliphatic heterocycles. The Morgan fingerprint density at radius 1 is 1.10 bits per heavy atom. The van der Waals surface area contributed by atoms with Gasteiger partial charge in [-0.3, -0.25) is 4.79 Å². The quantitative estimate of drug-likeness (QED) is 0.814. The van der Waals surface area contributed by atoms with Crippen molar-refractivity contribution in [3.63, 3.8) is 0 Å². The zero-order valence-electron chi connectivity index (χ0n) is 11.7. The second kappa shape index (κ2) is 7.38. The number of carbonyl (C=O) groups is 1. The first-order valence-electron chi connectivity index (χ1n) is 6.97. The number of anilines is 1. The van der Waals surface area contributed by atoms with Crippen molar-refractivity contribution < 1.29 is 4.79 Å². The van der Waals surface area contributed by atoms with E-state index in [2.05, 4.69) is 22.2 Å². The standard InChI is InChI=1S/C16H19N3O/c1-2-3-5-10-15(20)19-14-11-17-16(18-12-14)13-8-6-4-7-9-13/h4,6-9,11-12H,2-3,5,10H2,1H3,(H,19,20). The highest BCUT2D eigenvalue weighted by molar-refractivity contribution is 5.90. The first kappa shape index (κ1) is 14.2. The van der Waals surface area contributed by atoms with Crippen LogP contribution in [0.15, 0.2) is 42.7 Å². The van der Waals surface area contributed by atoms with E-state index in [4.69, 9.17) is 0 Å². The molecule has 104 valence electrons. The highest BCUT2D eigenvalue weighted by atomic mass is 16.1. The van der Waals surface area contributed by atoms with Crippen LogP contribution in [0.5, 0.6) is 0 Å². The molecule has 1 heterocycles. The Hall–Kier alpha value is -2.23. The van der Waals surface area contributed by atoms with E-state index in [1.54, 1.807) is 12.4 Å². The highest BCUT2D eigenvalue weighted by Crippen LogP contribution is 2.15. The highest BCUT2D eigenvalue weighted by Gasteiger charge is 2.04. The monoisotopic (exact) mass is 269 g/mol. The number of hydrogen-bond acceptors (Lipinski definition) is 3. The lowest BCUT2D eigenvalue weighted by atomic mass is 10.2. The smallest absolute Gasteiger partial charge is 0.224 e. The van der Waals surface area contributed by atoms with Crippen molar-refractivity contribution in [2.24, 2.45) is 0 Å². The molecular weight excluding hydrogens is 250 g/mol. The van der Waals surface area contributed by atoms with Crippen LogP contribution in [0.1, 0.15) is 32.6 Å². The number of carbonyl (C=O) groups excluding carboxylic acids is 1. The summed E-state index contributed by atoms with van der Waals surface area (Å²) in [6.45, 7) is 2.12. The first-order chi connectivity index (χ1) is 9.79. The summed E-state index contributed by atoms with van der Waals surface area (Å²) < 4.78 is 0. The fourth-order valence-corrected chi connectivity index (χ4v) is 1.89. The predicted molar refractivity (Wildman–Crippen MR) is 80.2 cm³/mol.